The number of ether oxygens (including phenoxy) is 1. The first-order chi connectivity index (χ1) is 19.9. The number of esters is 1. The third-order valence-corrected chi connectivity index (χ3v) is 7.90. The van der Waals surface area contributed by atoms with Gasteiger partial charge in [-0.3, -0.25) is 24.0 Å². The van der Waals surface area contributed by atoms with Crippen molar-refractivity contribution in [3.05, 3.63) is 48.0 Å². The zero-order valence-corrected chi connectivity index (χ0v) is 28.2. The summed E-state index contributed by atoms with van der Waals surface area (Å²) in [5.74, 6) is -4.77. The first kappa shape index (κ1) is 40.8. The van der Waals surface area contributed by atoms with E-state index >= 15 is 0 Å². The molecule has 0 saturated heterocycles. The van der Waals surface area contributed by atoms with E-state index in [0.717, 1.165) is 43.9 Å². The fraction of sp³-hybridized carbons (Fsp3) is 0.613. The molecule has 1 fully saturated rings. The van der Waals surface area contributed by atoms with Gasteiger partial charge in [-0.1, -0.05) is 82.6 Å². The Morgan fingerprint density at radius 2 is 1.60 bits per heavy atom. The number of rotatable bonds is 17. The third-order valence-electron chi connectivity index (χ3n) is 6.99. The van der Waals surface area contributed by atoms with Crippen LogP contribution in [0, 0.1) is 18.8 Å². The summed E-state index contributed by atoms with van der Waals surface area (Å²) in [4.78, 5) is 57.7. The van der Waals surface area contributed by atoms with Crippen LogP contribution in [0.4, 0.5) is 0 Å². The van der Waals surface area contributed by atoms with Crippen molar-refractivity contribution in [2.24, 2.45) is 11.8 Å². The smallest absolute Gasteiger partial charge is 0.677 e. The van der Waals surface area contributed by atoms with E-state index in [9.17, 15) is 24.0 Å². The van der Waals surface area contributed by atoms with Crippen LogP contribution in [0.1, 0.15) is 82.8 Å². The number of unbranched alkanes of at least 4 members (excludes halogenated alkanes) is 3. The Hall–Kier alpha value is -2.23. The number of carbonyl (C=O) groups excluding carboxylic acids is 3. The van der Waals surface area contributed by atoms with Crippen LogP contribution in [0.5, 0.6) is 0 Å². The van der Waals surface area contributed by atoms with Crippen LogP contribution in [0.2, 0.25) is 0 Å². The fourth-order valence-electron chi connectivity index (χ4n) is 4.32. The molecular weight excluding hydrogens is 755 g/mol. The van der Waals surface area contributed by atoms with Crippen LogP contribution in [0.15, 0.2) is 24.3 Å². The number of Topliss-reactive ketones (excluding diaryl/α,β-unsaturated/α-hetero) is 1. The van der Waals surface area contributed by atoms with E-state index < -0.39 is 29.9 Å². The van der Waals surface area contributed by atoms with Crippen molar-refractivity contribution < 1.29 is 60.0 Å². The fourth-order valence-corrected chi connectivity index (χ4v) is 4.94. The molecule has 1 amide bonds. The van der Waals surface area contributed by atoms with Gasteiger partial charge >= 0.3 is 39.0 Å². The van der Waals surface area contributed by atoms with Crippen molar-refractivity contribution in [3.8, 4) is 0 Å². The number of carboxylic acids is 2. The van der Waals surface area contributed by atoms with Crippen molar-refractivity contribution in [3.63, 3.8) is 0 Å². The number of benzene rings is 1. The molecule has 0 aliphatic heterocycles. The maximum Gasteiger partial charge on any atom is 2.00 e. The average molecular weight is 802 g/mol. The molecule has 10 nitrogen and oxygen atoms in total. The summed E-state index contributed by atoms with van der Waals surface area (Å²) in [5.41, 5.74) is 8.62. The van der Waals surface area contributed by atoms with Gasteiger partial charge in [0.25, 0.3) is 0 Å². The predicted octanol–water partition coefficient (Wildman–Crippen LogP) is 5.26. The SMILES string of the molecule is CCCCCCC(NC(=O)CSCC(=O)OCc1ccc(CC(C(=O)O)C(=O)O)cc1)C(C)=O.[CH2-][C@H]1CCCC[C@@H]1[NH-].[Pt+2]. The van der Waals surface area contributed by atoms with Gasteiger partial charge in [-0.15, -0.1) is 11.8 Å². The standard InChI is InChI=1S/C24H33NO8S.C7H13N.Pt/c1-3-4-5-6-7-20(16(2)26)25-21(27)14-34-15-22(28)33-13-18-10-8-17(9-11-18)12-19(23(29)30)24(31)32;1-6-4-2-3-5-7(6)8;/h8-11,19-20H,3-7,12-15H2,1-2H3,(H,25,27)(H,29,30)(H,31,32);6-8H,1-5H2;/q;-2;+2/t;6-,7-;/m.0./s1. The average Bonchev–Trinajstić information content (AvgIpc) is 2.94. The predicted molar refractivity (Wildman–Crippen MR) is 163 cm³/mol. The molecule has 0 aromatic heterocycles. The number of thioether (sulfide) groups is 1. The van der Waals surface area contributed by atoms with Crippen LogP contribution in [-0.2, 0) is 62.8 Å². The number of amides is 1. The summed E-state index contributed by atoms with van der Waals surface area (Å²) in [6.45, 7) is 7.45. The summed E-state index contributed by atoms with van der Waals surface area (Å²) in [7, 11) is 0. The van der Waals surface area contributed by atoms with E-state index in [1.54, 1.807) is 24.3 Å². The summed E-state index contributed by atoms with van der Waals surface area (Å²) in [5, 5.41) is 20.6. The number of hydrogen-bond acceptors (Lipinski definition) is 7. The van der Waals surface area contributed by atoms with Gasteiger partial charge in [0.1, 0.15) is 6.61 Å². The Balaban J connectivity index is 0.00000168. The van der Waals surface area contributed by atoms with Crippen molar-refractivity contribution in [1.29, 1.82) is 0 Å². The second-order valence-electron chi connectivity index (χ2n) is 10.6. The molecule has 4 N–H and O–H groups in total. The zero-order valence-electron chi connectivity index (χ0n) is 25.1. The maximum absolute atomic E-state index is 12.1. The van der Waals surface area contributed by atoms with Gasteiger partial charge in [0.2, 0.25) is 5.91 Å². The Morgan fingerprint density at radius 3 is 2.12 bits per heavy atom. The molecule has 0 heterocycles. The molecule has 1 aliphatic rings. The topological polar surface area (TPSA) is 171 Å². The van der Waals surface area contributed by atoms with Crippen LogP contribution in [-0.4, -0.2) is 63.4 Å². The molecule has 43 heavy (non-hydrogen) atoms. The largest absolute Gasteiger partial charge is 2.00 e. The molecule has 1 saturated carbocycles. The summed E-state index contributed by atoms with van der Waals surface area (Å²) in [6, 6.07) is 6.09. The van der Waals surface area contributed by atoms with Crippen LogP contribution >= 0.6 is 11.8 Å². The Labute approximate surface area is 273 Å². The Kier molecular flexibility index (Phi) is 22.0. The summed E-state index contributed by atoms with van der Waals surface area (Å²) in [6.07, 6.45) is 9.34. The molecule has 1 aromatic rings. The van der Waals surface area contributed by atoms with Gasteiger partial charge in [-0.25, -0.2) is 0 Å². The first-order valence-electron chi connectivity index (χ1n) is 14.5. The normalized spacial score (nSPS) is 16.6. The molecule has 0 spiro atoms. The zero-order chi connectivity index (χ0) is 31.5. The van der Waals surface area contributed by atoms with Gasteiger partial charge in [0, 0.05) is 0 Å². The maximum atomic E-state index is 12.1. The van der Waals surface area contributed by atoms with Gasteiger partial charge in [0.05, 0.1) is 17.5 Å². The molecule has 0 bridgehead atoms. The van der Waals surface area contributed by atoms with E-state index in [-0.39, 0.29) is 63.3 Å². The van der Waals surface area contributed by atoms with E-state index in [0.29, 0.717) is 23.5 Å². The molecule has 1 aliphatic carbocycles. The molecular formula is C31H46N2O8PtS. The number of aliphatic carboxylic acids is 2. The van der Waals surface area contributed by atoms with Gasteiger partial charge in [-0.05, 0) is 30.9 Å². The molecule has 12 heteroatoms. The number of ketones is 1. The molecule has 1 unspecified atom stereocenters. The molecule has 3 atom stereocenters. The molecule has 0 radical (unpaired) electrons. The molecule has 2 rings (SSSR count). The van der Waals surface area contributed by atoms with Gasteiger partial charge in [-0.2, -0.15) is 12.0 Å². The Morgan fingerprint density at radius 1 is 1.00 bits per heavy atom. The second kappa shape index (κ2) is 23.2. The van der Waals surface area contributed by atoms with E-state index in [4.69, 9.17) is 20.7 Å². The summed E-state index contributed by atoms with van der Waals surface area (Å²) >= 11 is 1.10. The quantitative estimate of drug-likeness (QED) is 0.0823. The van der Waals surface area contributed by atoms with Crippen LogP contribution in [0.25, 0.3) is 5.73 Å². The number of carbonyl (C=O) groups is 5. The Bertz CT molecular complexity index is 984. The van der Waals surface area contributed by atoms with E-state index in [1.807, 2.05) is 0 Å². The summed E-state index contributed by atoms with van der Waals surface area (Å²) < 4.78 is 5.17. The van der Waals surface area contributed by atoms with Crippen LogP contribution < -0.4 is 5.32 Å². The monoisotopic (exact) mass is 801 g/mol. The second-order valence-corrected chi connectivity index (χ2v) is 11.6. The molecule has 1 aromatic carbocycles. The van der Waals surface area contributed by atoms with Crippen molar-refractivity contribution in [1.82, 2.24) is 5.32 Å². The number of nitrogens with one attached hydrogen (secondary N) is 2. The van der Waals surface area contributed by atoms with Crippen molar-refractivity contribution >= 4 is 41.4 Å². The minimum Gasteiger partial charge on any atom is -0.677 e. The van der Waals surface area contributed by atoms with Crippen molar-refractivity contribution in [2.75, 3.05) is 11.5 Å². The number of hydrogen-bond donors (Lipinski definition) is 3. The molecule has 244 valence electrons. The third kappa shape index (κ3) is 18.2. The van der Waals surface area contributed by atoms with Gasteiger partial charge in [0.15, 0.2) is 11.7 Å². The number of carboxylic acid groups (broad SMARTS) is 2. The van der Waals surface area contributed by atoms with Crippen LogP contribution in [0.3, 0.4) is 0 Å². The minimum absolute atomic E-state index is 0. The minimum atomic E-state index is -1.52. The van der Waals surface area contributed by atoms with Crippen molar-refractivity contribution in [2.45, 2.75) is 96.7 Å². The first-order valence-corrected chi connectivity index (χ1v) is 15.7. The van der Waals surface area contributed by atoms with E-state index in [2.05, 4.69) is 19.2 Å². The van der Waals surface area contributed by atoms with Gasteiger partial charge < -0.3 is 32.9 Å². The van der Waals surface area contributed by atoms with E-state index in [1.165, 1.54) is 26.2 Å².